The number of nitrogens with one attached hydrogen (secondary N) is 1. The number of aliphatic carboxylic acids is 1. The topological polar surface area (TPSA) is 89.9 Å². The number of hydrogen-bond acceptors (Lipinski definition) is 3. The molecule has 0 saturated carbocycles. The zero-order chi connectivity index (χ0) is 12.7. The number of aliphatic hydroxyl groups excluding tert-OH is 1. The van der Waals surface area contributed by atoms with E-state index >= 15 is 0 Å². The summed E-state index contributed by atoms with van der Waals surface area (Å²) in [6.07, 6.45) is 0.668. The number of amides is 2. The SMILES string of the molecule is CCC(C)C(NC(=O)N(C)CCO)C(=O)O. The second-order valence-electron chi connectivity index (χ2n) is 3.80. The number of rotatable bonds is 6. The van der Waals surface area contributed by atoms with Gasteiger partial charge in [0, 0.05) is 13.6 Å². The summed E-state index contributed by atoms with van der Waals surface area (Å²) in [6, 6.07) is -1.37. The van der Waals surface area contributed by atoms with Gasteiger partial charge in [0.15, 0.2) is 0 Å². The molecule has 0 fully saturated rings. The summed E-state index contributed by atoms with van der Waals surface area (Å²) >= 11 is 0. The molecule has 0 aliphatic heterocycles. The summed E-state index contributed by atoms with van der Waals surface area (Å²) in [4.78, 5) is 23.7. The van der Waals surface area contributed by atoms with Crippen LogP contribution in [0.4, 0.5) is 4.79 Å². The van der Waals surface area contributed by atoms with E-state index < -0.39 is 18.0 Å². The molecule has 0 rings (SSSR count). The first kappa shape index (κ1) is 14.7. The molecule has 0 radical (unpaired) electrons. The Bertz CT molecular complexity index is 245. The van der Waals surface area contributed by atoms with Crippen LogP contribution >= 0.6 is 0 Å². The second kappa shape index (κ2) is 7.05. The molecule has 0 aromatic heterocycles. The first-order valence-corrected chi connectivity index (χ1v) is 5.29. The van der Waals surface area contributed by atoms with Gasteiger partial charge in [0.05, 0.1) is 6.61 Å². The highest BCUT2D eigenvalue weighted by molar-refractivity contribution is 5.82. The number of likely N-dealkylation sites (N-methyl/N-ethyl adjacent to an activating group) is 1. The summed E-state index contributed by atoms with van der Waals surface area (Å²) in [5, 5.41) is 20.0. The van der Waals surface area contributed by atoms with Crippen LogP contribution in [0.25, 0.3) is 0 Å². The van der Waals surface area contributed by atoms with Crippen molar-refractivity contribution in [3.8, 4) is 0 Å². The zero-order valence-corrected chi connectivity index (χ0v) is 9.93. The first-order chi connectivity index (χ1) is 7.43. The summed E-state index contributed by atoms with van der Waals surface area (Å²) < 4.78 is 0. The van der Waals surface area contributed by atoms with E-state index in [1.807, 2.05) is 6.92 Å². The normalized spacial score (nSPS) is 14.0. The fourth-order valence-electron chi connectivity index (χ4n) is 1.18. The molecule has 0 heterocycles. The fourth-order valence-corrected chi connectivity index (χ4v) is 1.18. The Morgan fingerprint density at radius 2 is 2.00 bits per heavy atom. The monoisotopic (exact) mass is 232 g/mol. The molecule has 0 saturated heterocycles. The number of carbonyl (C=O) groups excluding carboxylic acids is 1. The molecule has 6 nitrogen and oxygen atoms in total. The highest BCUT2D eigenvalue weighted by atomic mass is 16.4. The van der Waals surface area contributed by atoms with Crippen molar-refractivity contribution in [3.05, 3.63) is 0 Å². The van der Waals surface area contributed by atoms with E-state index in [4.69, 9.17) is 10.2 Å². The minimum Gasteiger partial charge on any atom is -0.480 e. The number of carboxylic acids is 1. The molecule has 94 valence electrons. The van der Waals surface area contributed by atoms with Gasteiger partial charge in [-0.25, -0.2) is 9.59 Å². The van der Waals surface area contributed by atoms with Gasteiger partial charge < -0.3 is 20.4 Å². The maximum absolute atomic E-state index is 11.5. The molecule has 0 aliphatic carbocycles. The van der Waals surface area contributed by atoms with Crippen molar-refractivity contribution in [2.24, 2.45) is 5.92 Å². The Labute approximate surface area is 95.2 Å². The molecular weight excluding hydrogens is 212 g/mol. The molecule has 16 heavy (non-hydrogen) atoms. The van der Waals surface area contributed by atoms with Gasteiger partial charge in [-0.05, 0) is 5.92 Å². The molecule has 0 bridgehead atoms. The smallest absolute Gasteiger partial charge is 0.326 e. The Balaban J connectivity index is 4.40. The predicted octanol–water partition coefficient (Wildman–Crippen LogP) is 0.119. The lowest BCUT2D eigenvalue weighted by Crippen LogP contribution is -2.50. The molecular formula is C10H20N2O4. The van der Waals surface area contributed by atoms with E-state index in [1.54, 1.807) is 6.92 Å². The number of aliphatic hydroxyl groups is 1. The van der Waals surface area contributed by atoms with E-state index in [0.29, 0.717) is 6.42 Å². The molecule has 0 aromatic carbocycles. The van der Waals surface area contributed by atoms with Gasteiger partial charge in [0.1, 0.15) is 6.04 Å². The van der Waals surface area contributed by atoms with Crippen LogP contribution in [-0.2, 0) is 4.79 Å². The second-order valence-corrected chi connectivity index (χ2v) is 3.80. The van der Waals surface area contributed by atoms with E-state index in [1.165, 1.54) is 11.9 Å². The number of hydrogen-bond donors (Lipinski definition) is 3. The number of carbonyl (C=O) groups is 2. The maximum Gasteiger partial charge on any atom is 0.326 e. The fraction of sp³-hybridized carbons (Fsp3) is 0.800. The van der Waals surface area contributed by atoms with Gasteiger partial charge in [0.2, 0.25) is 0 Å². The summed E-state index contributed by atoms with van der Waals surface area (Å²) in [7, 11) is 1.50. The van der Waals surface area contributed by atoms with Crippen molar-refractivity contribution in [2.45, 2.75) is 26.3 Å². The largest absolute Gasteiger partial charge is 0.480 e. The Kier molecular flexibility index (Phi) is 6.48. The van der Waals surface area contributed by atoms with Crippen molar-refractivity contribution >= 4 is 12.0 Å². The van der Waals surface area contributed by atoms with E-state index in [9.17, 15) is 9.59 Å². The van der Waals surface area contributed by atoms with Gasteiger partial charge in [-0.15, -0.1) is 0 Å². The molecule has 2 amide bonds. The van der Waals surface area contributed by atoms with Gasteiger partial charge in [-0.3, -0.25) is 0 Å². The lowest BCUT2D eigenvalue weighted by molar-refractivity contribution is -0.140. The van der Waals surface area contributed by atoms with Crippen LogP contribution < -0.4 is 5.32 Å². The third-order valence-corrected chi connectivity index (χ3v) is 2.54. The van der Waals surface area contributed by atoms with Crippen LogP contribution in [0, 0.1) is 5.92 Å². The van der Waals surface area contributed by atoms with Crippen molar-refractivity contribution < 1.29 is 19.8 Å². The van der Waals surface area contributed by atoms with Gasteiger partial charge in [-0.1, -0.05) is 20.3 Å². The lowest BCUT2D eigenvalue weighted by atomic mass is 9.99. The molecule has 0 spiro atoms. The summed E-state index contributed by atoms with van der Waals surface area (Å²) in [5.74, 6) is -1.18. The lowest BCUT2D eigenvalue weighted by Gasteiger charge is -2.23. The number of urea groups is 1. The predicted molar refractivity (Wildman–Crippen MR) is 59.1 cm³/mol. The van der Waals surface area contributed by atoms with Crippen molar-refractivity contribution in [1.82, 2.24) is 10.2 Å². The summed E-state index contributed by atoms with van der Waals surface area (Å²) in [5.41, 5.74) is 0. The van der Waals surface area contributed by atoms with Crippen molar-refractivity contribution in [1.29, 1.82) is 0 Å². The third kappa shape index (κ3) is 4.48. The quantitative estimate of drug-likeness (QED) is 0.606. The molecule has 0 aliphatic rings. The first-order valence-electron chi connectivity index (χ1n) is 5.29. The average Bonchev–Trinajstić information content (AvgIpc) is 2.24. The Morgan fingerprint density at radius 1 is 1.44 bits per heavy atom. The average molecular weight is 232 g/mol. The Hall–Kier alpha value is -1.30. The van der Waals surface area contributed by atoms with Gasteiger partial charge in [-0.2, -0.15) is 0 Å². The minimum atomic E-state index is -1.04. The van der Waals surface area contributed by atoms with E-state index in [2.05, 4.69) is 5.32 Å². The van der Waals surface area contributed by atoms with Crippen LogP contribution in [0.2, 0.25) is 0 Å². The molecule has 6 heteroatoms. The van der Waals surface area contributed by atoms with Gasteiger partial charge >= 0.3 is 12.0 Å². The van der Waals surface area contributed by atoms with Crippen LogP contribution in [0.3, 0.4) is 0 Å². The van der Waals surface area contributed by atoms with Crippen LogP contribution in [0.15, 0.2) is 0 Å². The number of carboxylic acid groups (broad SMARTS) is 1. The van der Waals surface area contributed by atoms with Crippen LogP contribution in [0.1, 0.15) is 20.3 Å². The Morgan fingerprint density at radius 3 is 2.38 bits per heavy atom. The van der Waals surface area contributed by atoms with Gasteiger partial charge in [0.25, 0.3) is 0 Å². The molecule has 3 N–H and O–H groups in total. The van der Waals surface area contributed by atoms with E-state index in [-0.39, 0.29) is 19.1 Å². The zero-order valence-electron chi connectivity index (χ0n) is 9.93. The van der Waals surface area contributed by atoms with Crippen LogP contribution in [0.5, 0.6) is 0 Å². The van der Waals surface area contributed by atoms with Crippen molar-refractivity contribution in [2.75, 3.05) is 20.2 Å². The highest BCUT2D eigenvalue weighted by Gasteiger charge is 2.26. The van der Waals surface area contributed by atoms with Crippen molar-refractivity contribution in [3.63, 3.8) is 0 Å². The van der Waals surface area contributed by atoms with Crippen LogP contribution in [-0.4, -0.2) is 53.4 Å². The number of nitrogens with zero attached hydrogens (tertiary/aromatic N) is 1. The minimum absolute atomic E-state index is 0.135. The molecule has 2 unspecified atom stereocenters. The standard InChI is InChI=1S/C10H20N2O4/c1-4-7(2)8(9(14)15)11-10(16)12(3)5-6-13/h7-8,13H,4-6H2,1-3H3,(H,11,16)(H,14,15). The molecule has 2 atom stereocenters. The summed E-state index contributed by atoms with van der Waals surface area (Å²) in [6.45, 7) is 3.67. The molecule has 0 aromatic rings. The highest BCUT2D eigenvalue weighted by Crippen LogP contribution is 2.08. The van der Waals surface area contributed by atoms with E-state index in [0.717, 1.165) is 0 Å². The third-order valence-electron chi connectivity index (χ3n) is 2.54. The maximum atomic E-state index is 11.5.